The first-order valence-corrected chi connectivity index (χ1v) is 7.02. The highest BCUT2D eigenvalue weighted by atomic mass is 16.5. The maximum Gasteiger partial charge on any atom is 0.308 e. The smallest absolute Gasteiger partial charge is 0.308 e. The molecule has 0 fully saturated rings. The number of hydrogen-bond donors (Lipinski definition) is 1. The number of ether oxygens (including phenoxy) is 1. The fourth-order valence-electron chi connectivity index (χ4n) is 2.24. The molecule has 0 aliphatic heterocycles. The molecule has 0 spiro atoms. The zero-order valence-corrected chi connectivity index (χ0v) is 12.7. The van der Waals surface area contributed by atoms with Gasteiger partial charge in [-0.2, -0.15) is 0 Å². The number of benzene rings is 1. The van der Waals surface area contributed by atoms with Crippen LogP contribution in [-0.2, 0) is 11.2 Å². The minimum Gasteiger partial charge on any atom is -0.426 e. The van der Waals surface area contributed by atoms with Gasteiger partial charge in [-0.25, -0.2) is 0 Å². The molecule has 108 valence electrons. The lowest BCUT2D eigenvalue weighted by atomic mass is 10.1. The van der Waals surface area contributed by atoms with Crippen LogP contribution in [0, 0.1) is 0 Å². The molecule has 0 amide bonds. The van der Waals surface area contributed by atoms with Crippen LogP contribution in [0.3, 0.4) is 0 Å². The van der Waals surface area contributed by atoms with Gasteiger partial charge in [-0.3, -0.25) is 4.79 Å². The number of esters is 1. The van der Waals surface area contributed by atoms with Crippen LogP contribution in [0.4, 0.5) is 0 Å². The fraction of sp³-hybridized carbons (Fsp3) is 0.438. The Labute approximate surface area is 119 Å². The number of carbonyl (C=O) groups excluding carboxylic acids is 1. The van der Waals surface area contributed by atoms with Crippen molar-refractivity contribution in [2.75, 3.05) is 27.2 Å². The summed E-state index contributed by atoms with van der Waals surface area (Å²) in [6.07, 6.45) is 2.98. The normalized spacial score (nSPS) is 11.8. The summed E-state index contributed by atoms with van der Waals surface area (Å²) in [7, 11) is 4.45. The van der Waals surface area contributed by atoms with Crippen LogP contribution >= 0.6 is 0 Å². The first-order chi connectivity index (χ1) is 9.43. The van der Waals surface area contributed by atoms with E-state index in [1.54, 1.807) is 0 Å². The number of rotatable bonds is 5. The third kappa shape index (κ3) is 3.20. The number of nitrogens with zero attached hydrogens (tertiary/aromatic N) is 1. The monoisotopic (exact) mass is 275 g/mol. The van der Waals surface area contributed by atoms with E-state index in [-0.39, 0.29) is 5.97 Å². The van der Waals surface area contributed by atoms with Crippen molar-refractivity contribution >= 4 is 16.9 Å². The molecule has 2 aromatic rings. The Kier molecular flexibility index (Phi) is 4.14. The van der Waals surface area contributed by atoms with Crippen molar-refractivity contribution in [3.05, 3.63) is 30.0 Å². The van der Waals surface area contributed by atoms with Gasteiger partial charge in [-0.1, -0.05) is 6.07 Å². The molecule has 4 heteroatoms. The summed E-state index contributed by atoms with van der Waals surface area (Å²) in [5, 5.41) is 1.03. The van der Waals surface area contributed by atoms with E-state index in [1.165, 1.54) is 12.5 Å². The lowest BCUT2D eigenvalue weighted by Gasteiger charge is -2.28. The average molecular weight is 275 g/mol. The predicted molar refractivity (Wildman–Crippen MR) is 80.8 cm³/mol. The van der Waals surface area contributed by atoms with Crippen LogP contribution in [0.2, 0.25) is 0 Å². The van der Waals surface area contributed by atoms with E-state index in [1.807, 2.05) is 24.4 Å². The van der Waals surface area contributed by atoms with Crippen molar-refractivity contribution in [1.82, 2.24) is 4.98 Å². The summed E-state index contributed by atoms with van der Waals surface area (Å²) < 4.78 is 6.30. The van der Waals surface area contributed by atoms with Gasteiger partial charge in [0.05, 0.1) is 27.2 Å². The van der Waals surface area contributed by atoms with Gasteiger partial charge in [0.2, 0.25) is 0 Å². The Hall–Kier alpha value is -1.81. The molecule has 1 aromatic carbocycles. The van der Waals surface area contributed by atoms with E-state index >= 15 is 0 Å². The molecule has 0 aliphatic rings. The van der Waals surface area contributed by atoms with Gasteiger partial charge in [-0.05, 0) is 24.6 Å². The zero-order valence-electron chi connectivity index (χ0n) is 12.7. The van der Waals surface area contributed by atoms with Crippen LogP contribution in [0.25, 0.3) is 10.9 Å². The first kappa shape index (κ1) is 14.6. The molecular formula is C16H23N2O2+. The molecule has 0 radical (unpaired) electrons. The molecule has 0 aliphatic carbocycles. The summed E-state index contributed by atoms with van der Waals surface area (Å²) >= 11 is 0. The molecule has 0 atom stereocenters. The molecule has 1 N–H and O–H groups in total. The van der Waals surface area contributed by atoms with E-state index in [4.69, 9.17) is 4.74 Å². The van der Waals surface area contributed by atoms with Gasteiger partial charge < -0.3 is 14.2 Å². The molecule has 0 bridgehead atoms. The Morgan fingerprint density at radius 2 is 2.10 bits per heavy atom. The zero-order chi connectivity index (χ0) is 14.8. The molecular weight excluding hydrogens is 252 g/mol. The standard InChI is InChI=1S/C16H23N2O2/c1-5-18(3,4)10-9-13-11-17-14-7-6-8-15(16(13)14)20-12(2)19/h6-8,11,17H,5,9-10H2,1-4H3/q+1. The molecule has 20 heavy (non-hydrogen) atoms. The molecule has 4 nitrogen and oxygen atoms in total. The Morgan fingerprint density at radius 1 is 1.35 bits per heavy atom. The van der Waals surface area contributed by atoms with Crippen molar-refractivity contribution in [3.63, 3.8) is 0 Å². The first-order valence-electron chi connectivity index (χ1n) is 7.02. The van der Waals surface area contributed by atoms with E-state index in [0.29, 0.717) is 5.75 Å². The number of aromatic amines is 1. The number of nitrogens with one attached hydrogen (secondary N) is 1. The molecule has 0 saturated heterocycles. The SMILES string of the molecule is CC[N+](C)(C)CCc1c[nH]c2cccc(OC(C)=O)c12. The molecule has 1 heterocycles. The van der Waals surface area contributed by atoms with E-state index in [0.717, 1.165) is 34.9 Å². The van der Waals surface area contributed by atoms with Crippen molar-refractivity contribution in [1.29, 1.82) is 0 Å². The van der Waals surface area contributed by atoms with Crippen molar-refractivity contribution in [2.24, 2.45) is 0 Å². The average Bonchev–Trinajstić information content (AvgIpc) is 2.80. The van der Waals surface area contributed by atoms with Crippen LogP contribution < -0.4 is 4.74 Å². The highest BCUT2D eigenvalue weighted by molar-refractivity contribution is 5.91. The van der Waals surface area contributed by atoms with Crippen LogP contribution in [0.15, 0.2) is 24.4 Å². The number of hydrogen-bond acceptors (Lipinski definition) is 2. The van der Waals surface area contributed by atoms with Gasteiger partial charge in [0.1, 0.15) is 5.75 Å². The maximum absolute atomic E-state index is 11.2. The molecule has 0 saturated carbocycles. The topological polar surface area (TPSA) is 42.1 Å². The van der Waals surface area contributed by atoms with Gasteiger partial charge in [-0.15, -0.1) is 0 Å². The predicted octanol–water partition coefficient (Wildman–Crippen LogP) is 2.73. The number of carbonyl (C=O) groups is 1. The second-order valence-corrected chi connectivity index (χ2v) is 5.81. The Bertz CT molecular complexity index is 614. The van der Waals surface area contributed by atoms with E-state index in [2.05, 4.69) is 26.0 Å². The number of quaternary nitrogens is 1. The summed E-state index contributed by atoms with van der Waals surface area (Å²) in [6, 6.07) is 5.75. The van der Waals surface area contributed by atoms with Crippen molar-refractivity contribution < 1.29 is 14.0 Å². The second kappa shape index (κ2) is 5.67. The number of fused-ring (bicyclic) bond motifs is 1. The molecule has 2 rings (SSSR count). The number of likely N-dealkylation sites (N-methyl/N-ethyl adjacent to an activating group) is 1. The summed E-state index contributed by atoms with van der Waals surface area (Å²) in [6.45, 7) is 5.78. The third-order valence-electron chi connectivity index (χ3n) is 3.85. The highest BCUT2D eigenvalue weighted by Crippen LogP contribution is 2.29. The van der Waals surface area contributed by atoms with Gasteiger partial charge in [0, 0.05) is 30.4 Å². The lowest BCUT2D eigenvalue weighted by Crippen LogP contribution is -2.40. The number of aromatic nitrogens is 1. The van der Waals surface area contributed by atoms with Gasteiger partial charge >= 0.3 is 5.97 Å². The highest BCUT2D eigenvalue weighted by Gasteiger charge is 2.16. The lowest BCUT2D eigenvalue weighted by molar-refractivity contribution is -0.888. The third-order valence-corrected chi connectivity index (χ3v) is 3.85. The fourth-order valence-corrected chi connectivity index (χ4v) is 2.24. The number of H-pyrrole nitrogens is 1. The Balaban J connectivity index is 2.32. The van der Waals surface area contributed by atoms with Crippen LogP contribution in [0.5, 0.6) is 5.75 Å². The maximum atomic E-state index is 11.2. The van der Waals surface area contributed by atoms with Crippen LogP contribution in [-0.4, -0.2) is 42.6 Å². The summed E-state index contributed by atoms with van der Waals surface area (Å²) in [5.41, 5.74) is 2.22. The van der Waals surface area contributed by atoms with E-state index < -0.39 is 0 Å². The second-order valence-electron chi connectivity index (χ2n) is 5.81. The van der Waals surface area contributed by atoms with Crippen LogP contribution in [0.1, 0.15) is 19.4 Å². The quantitative estimate of drug-likeness (QED) is 0.518. The van der Waals surface area contributed by atoms with E-state index in [9.17, 15) is 4.79 Å². The summed E-state index contributed by atoms with van der Waals surface area (Å²) in [4.78, 5) is 14.5. The molecule has 0 unspecified atom stereocenters. The minimum absolute atomic E-state index is 0.283. The minimum atomic E-state index is -0.283. The van der Waals surface area contributed by atoms with Crippen molar-refractivity contribution in [3.8, 4) is 5.75 Å². The largest absolute Gasteiger partial charge is 0.426 e. The Morgan fingerprint density at radius 3 is 2.75 bits per heavy atom. The summed E-state index contributed by atoms with van der Waals surface area (Å²) in [5.74, 6) is 0.363. The van der Waals surface area contributed by atoms with Gasteiger partial charge in [0.15, 0.2) is 0 Å². The molecule has 1 aromatic heterocycles. The van der Waals surface area contributed by atoms with Crippen molar-refractivity contribution in [2.45, 2.75) is 20.3 Å². The van der Waals surface area contributed by atoms with Gasteiger partial charge in [0.25, 0.3) is 0 Å².